The zero-order valence-electron chi connectivity index (χ0n) is 30.2. The van der Waals surface area contributed by atoms with Gasteiger partial charge in [0.1, 0.15) is 0 Å². The van der Waals surface area contributed by atoms with E-state index in [0.717, 1.165) is 16.0 Å². The highest BCUT2D eigenvalue weighted by molar-refractivity contribution is 9.10. The Labute approximate surface area is 298 Å². The number of ether oxygens (including phenoxy) is 4. The third-order valence-corrected chi connectivity index (χ3v) is 9.70. The Hall–Kier alpha value is -4.02. The van der Waals surface area contributed by atoms with Crippen molar-refractivity contribution in [1.82, 2.24) is 0 Å². The van der Waals surface area contributed by atoms with Crippen LogP contribution in [0.25, 0.3) is 21.5 Å². The molecule has 4 aromatic carbocycles. The fraction of sp³-hybridized carbons (Fsp3) is 0.385. The third-order valence-electron chi connectivity index (χ3n) is 7.07. The maximum Gasteiger partial charge on any atom is 0.340 e. The number of fused-ring (bicyclic) bond motifs is 2. The van der Waals surface area contributed by atoms with Crippen molar-refractivity contribution in [2.24, 2.45) is 0 Å². The lowest BCUT2D eigenvalue weighted by Gasteiger charge is -2.24. The van der Waals surface area contributed by atoms with Gasteiger partial charge in [-0.2, -0.15) is 0 Å². The van der Waals surface area contributed by atoms with Gasteiger partial charge in [0.05, 0.1) is 54.7 Å². The number of hydrogen-bond donors (Lipinski definition) is 0. The van der Waals surface area contributed by atoms with Gasteiger partial charge in [-0.1, -0.05) is 68.2 Å². The zero-order valence-corrected chi connectivity index (χ0v) is 32.8. The highest BCUT2D eigenvalue weighted by Crippen LogP contribution is 2.32. The molecule has 0 saturated carbocycles. The zero-order chi connectivity index (χ0) is 36.8. The van der Waals surface area contributed by atoms with Crippen LogP contribution in [0.3, 0.4) is 0 Å². The molecule has 0 aliphatic rings. The van der Waals surface area contributed by atoms with Crippen molar-refractivity contribution in [3.63, 3.8) is 0 Å². The van der Waals surface area contributed by atoms with Crippen LogP contribution in [0, 0.1) is 0 Å². The molecule has 0 aliphatic heterocycles. The summed E-state index contributed by atoms with van der Waals surface area (Å²) in [6, 6.07) is 18.2. The Balaban J connectivity index is 0.000000267. The van der Waals surface area contributed by atoms with Crippen molar-refractivity contribution < 1.29 is 38.1 Å². The molecule has 0 N–H and O–H groups in total. The van der Waals surface area contributed by atoms with E-state index in [1.54, 1.807) is 45.9 Å². The molecule has 0 heterocycles. The summed E-state index contributed by atoms with van der Waals surface area (Å²) in [4.78, 5) is 50.3. The lowest BCUT2D eigenvalue weighted by atomic mass is 9.99. The van der Waals surface area contributed by atoms with E-state index < -0.39 is 20.0 Å². The summed E-state index contributed by atoms with van der Waals surface area (Å²) in [5, 5.41) is 3.70. The summed E-state index contributed by atoms with van der Waals surface area (Å²) in [6.45, 7) is 21.0. The van der Waals surface area contributed by atoms with E-state index in [1.165, 1.54) is 0 Å². The molecule has 0 aliphatic carbocycles. The minimum atomic E-state index is -1.93. The number of benzene rings is 4. The monoisotopic (exact) mass is 750 g/mol. The van der Waals surface area contributed by atoms with Gasteiger partial charge in [0.15, 0.2) is 0 Å². The van der Waals surface area contributed by atoms with Crippen molar-refractivity contribution in [2.45, 2.75) is 99.4 Å². The number of esters is 4. The maximum absolute atomic E-state index is 12.9. The Bertz CT molecular complexity index is 1850. The molecule has 262 valence electrons. The molecule has 8 nitrogen and oxygen atoms in total. The second-order valence-corrected chi connectivity index (χ2v) is 19.7. The molecular formula is C39H47BrO8Si. The predicted molar refractivity (Wildman–Crippen MR) is 201 cm³/mol. The van der Waals surface area contributed by atoms with Crippen LogP contribution in [0.2, 0.25) is 19.6 Å². The largest absolute Gasteiger partial charge is 0.459 e. The minimum absolute atomic E-state index is 0.206. The van der Waals surface area contributed by atoms with E-state index in [9.17, 15) is 19.2 Å². The van der Waals surface area contributed by atoms with E-state index in [2.05, 4.69) is 35.6 Å². The molecular weight excluding hydrogens is 704 g/mol. The molecule has 0 spiro atoms. The fourth-order valence-corrected chi connectivity index (χ4v) is 7.34. The number of halogens is 1. The van der Waals surface area contributed by atoms with Crippen molar-refractivity contribution in [3.8, 4) is 0 Å². The summed E-state index contributed by atoms with van der Waals surface area (Å²) < 4.78 is 22.1. The van der Waals surface area contributed by atoms with Gasteiger partial charge in [-0.15, -0.1) is 0 Å². The molecule has 0 unspecified atom stereocenters. The van der Waals surface area contributed by atoms with Crippen LogP contribution >= 0.6 is 15.9 Å². The lowest BCUT2D eigenvalue weighted by Crippen LogP contribution is -2.42. The Kier molecular flexibility index (Phi) is 13.3. The van der Waals surface area contributed by atoms with Gasteiger partial charge in [0.25, 0.3) is 0 Å². The summed E-state index contributed by atoms with van der Waals surface area (Å²) in [5.74, 6) is -1.54. The molecule has 0 atom stereocenters. The molecule has 0 fully saturated rings. The van der Waals surface area contributed by atoms with Gasteiger partial charge in [-0.05, 0) is 110 Å². The smallest absolute Gasteiger partial charge is 0.340 e. The normalized spacial score (nSPS) is 11.5. The highest BCUT2D eigenvalue weighted by atomic mass is 79.9. The van der Waals surface area contributed by atoms with Crippen molar-refractivity contribution in [2.75, 3.05) is 0 Å². The maximum atomic E-state index is 12.9. The molecule has 49 heavy (non-hydrogen) atoms. The van der Waals surface area contributed by atoms with Crippen LogP contribution in [0.1, 0.15) is 96.8 Å². The Morgan fingerprint density at radius 1 is 0.510 bits per heavy atom. The van der Waals surface area contributed by atoms with Gasteiger partial charge in [-0.25, -0.2) is 19.2 Å². The number of rotatable bonds is 9. The van der Waals surface area contributed by atoms with E-state index in [0.29, 0.717) is 37.5 Å². The molecule has 0 amide bonds. The fourth-order valence-electron chi connectivity index (χ4n) is 5.17. The molecule has 0 aromatic heterocycles. The number of hydrogen-bond acceptors (Lipinski definition) is 8. The number of carbonyl (C=O) groups is 4. The van der Waals surface area contributed by atoms with E-state index in [-0.39, 0.29) is 36.4 Å². The molecule has 4 rings (SSSR count). The predicted octanol–water partition coefficient (Wildman–Crippen LogP) is 9.25. The van der Waals surface area contributed by atoms with Crippen molar-refractivity contribution in [1.29, 1.82) is 0 Å². The van der Waals surface area contributed by atoms with Crippen LogP contribution in [0.5, 0.6) is 0 Å². The second kappa shape index (κ2) is 16.6. The van der Waals surface area contributed by atoms with Crippen LogP contribution in [-0.2, 0) is 18.9 Å². The van der Waals surface area contributed by atoms with Crippen LogP contribution < -0.4 is 5.19 Å². The van der Waals surface area contributed by atoms with Crippen LogP contribution in [0.4, 0.5) is 0 Å². The first-order valence-corrected chi connectivity index (χ1v) is 20.7. The van der Waals surface area contributed by atoms with Gasteiger partial charge in [0.2, 0.25) is 0 Å². The second-order valence-electron chi connectivity index (χ2n) is 13.8. The Morgan fingerprint density at radius 2 is 0.837 bits per heavy atom. The summed E-state index contributed by atoms with van der Waals surface area (Å²) in [5.41, 5.74) is 1.92. The highest BCUT2D eigenvalue weighted by Gasteiger charge is 2.30. The van der Waals surface area contributed by atoms with E-state index in [1.807, 2.05) is 70.2 Å². The first-order valence-electron chi connectivity index (χ1n) is 16.4. The average molecular weight is 752 g/mol. The Morgan fingerprint density at radius 3 is 1.22 bits per heavy atom. The van der Waals surface area contributed by atoms with Gasteiger partial charge >= 0.3 is 23.9 Å². The summed E-state index contributed by atoms with van der Waals surface area (Å²) in [6.07, 6.45) is -0.854. The summed E-state index contributed by atoms with van der Waals surface area (Å²) >= 11 is 3.38. The molecule has 0 radical (unpaired) electrons. The molecule has 0 bridgehead atoms. The summed E-state index contributed by atoms with van der Waals surface area (Å²) in [7, 11) is -1.93. The number of carbonyl (C=O) groups excluding carboxylic acids is 4. The van der Waals surface area contributed by atoms with Crippen LogP contribution in [0.15, 0.2) is 65.1 Å². The van der Waals surface area contributed by atoms with E-state index in [4.69, 9.17) is 18.9 Å². The van der Waals surface area contributed by atoms with Crippen LogP contribution in [-0.4, -0.2) is 56.4 Å². The van der Waals surface area contributed by atoms with Gasteiger partial charge in [0, 0.05) is 4.47 Å². The molecule has 4 aromatic rings. The van der Waals surface area contributed by atoms with Gasteiger partial charge < -0.3 is 18.9 Å². The first kappa shape index (κ1) is 39.4. The topological polar surface area (TPSA) is 105 Å². The van der Waals surface area contributed by atoms with Crippen molar-refractivity contribution >= 4 is 74.6 Å². The average Bonchev–Trinajstić information content (AvgIpc) is 2.98. The quantitative estimate of drug-likeness (QED) is 0.0948. The third kappa shape index (κ3) is 10.0. The molecule has 10 heteroatoms. The first-order chi connectivity index (χ1) is 22.8. The van der Waals surface area contributed by atoms with Crippen molar-refractivity contribution in [3.05, 3.63) is 87.4 Å². The van der Waals surface area contributed by atoms with Gasteiger partial charge in [-0.3, -0.25) is 0 Å². The molecule has 0 saturated heterocycles. The lowest BCUT2D eigenvalue weighted by molar-refractivity contribution is 0.0364. The standard InChI is InChI=1S/C21H28O4Si.C18H19BrO4/c1-13(2)24-20(22)17-12-18(26(5,6)7)19(21(23)25-14(3)4)16-11-9-8-10-15(16)17;1-10(2)22-17(20)14-9-15(19)16(18(21)23-11(3)4)13-8-6-5-7-12(13)14/h8-14H,1-7H3;5-11H,1-4H3. The minimum Gasteiger partial charge on any atom is -0.459 e. The van der Waals surface area contributed by atoms with E-state index >= 15 is 0 Å². The SMILES string of the molecule is CC(C)OC(=O)c1cc(Br)c(C(=O)OC(C)C)c2ccccc12.CC(C)OC(=O)c1cc([Si](C)(C)C)c(C(=O)OC(C)C)c2ccccc12.